The van der Waals surface area contributed by atoms with E-state index < -0.39 is 10.0 Å². The van der Waals surface area contributed by atoms with E-state index in [-0.39, 0.29) is 16.6 Å². The van der Waals surface area contributed by atoms with Crippen molar-refractivity contribution in [3.8, 4) is 0 Å². The minimum absolute atomic E-state index is 0.000775. The zero-order valence-electron chi connectivity index (χ0n) is 9.71. The van der Waals surface area contributed by atoms with Gasteiger partial charge >= 0.3 is 0 Å². The first-order valence-electron chi connectivity index (χ1n) is 5.36. The summed E-state index contributed by atoms with van der Waals surface area (Å²) in [6, 6.07) is 6.63. The first-order valence-corrected chi connectivity index (χ1v) is 8.45. The van der Waals surface area contributed by atoms with Crippen LogP contribution in [0.1, 0.15) is 4.88 Å². The predicted octanol–water partition coefficient (Wildman–Crippen LogP) is 2.24. The molecule has 0 aliphatic rings. The summed E-state index contributed by atoms with van der Waals surface area (Å²) in [5.41, 5.74) is 0. The Hall–Kier alpha value is -0.960. The number of halogens is 1. The number of anilines is 1. The number of nitrogens with zero attached hydrogens (tertiary/aromatic N) is 1. The van der Waals surface area contributed by atoms with Crippen LogP contribution in [0.15, 0.2) is 39.1 Å². The Bertz CT molecular complexity index is 670. The molecule has 8 heteroatoms. The van der Waals surface area contributed by atoms with Gasteiger partial charge in [0.2, 0.25) is 0 Å². The average molecular weight is 363 g/mol. The molecule has 0 unspecified atom stereocenters. The van der Waals surface area contributed by atoms with Crippen LogP contribution in [0.2, 0.25) is 0 Å². The van der Waals surface area contributed by atoms with E-state index >= 15 is 0 Å². The van der Waals surface area contributed by atoms with E-state index in [9.17, 15) is 8.42 Å². The number of hydrogen-bond donors (Lipinski definition) is 2. The highest BCUT2D eigenvalue weighted by Gasteiger charge is 2.18. The molecule has 5 nitrogen and oxygen atoms in total. The van der Waals surface area contributed by atoms with Crippen LogP contribution >= 0.6 is 27.3 Å². The molecule has 2 N–H and O–H groups in total. The van der Waals surface area contributed by atoms with Crippen LogP contribution < -0.4 is 4.72 Å². The third kappa shape index (κ3) is 3.53. The van der Waals surface area contributed by atoms with Gasteiger partial charge in [-0.05, 0) is 40.2 Å². The summed E-state index contributed by atoms with van der Waals surface area (Å²) in [7, 11) is -3.64. The molecule has 0 bridgehead atoms. The number of pyridine rings is 1. The molecule has 0 saturated carbocycles. The zero-order valence-corrected chi connectivity index (χ0v) is 12.9. The maximum Gasteiger partial charge on any atom is 0.272 e. The Morgan fingerprint density at radius 3 is 2.84 bits per heavy atom. The van der Waals surface area contributed by atoms with Gasteiger partial charge in [0.05, 0.1) is 4.47 Å². The Balaban J connectivity index is 2.25. The summed E-state index contributed by atoms with van der Waals surface area (Å²) in [6.07, 6.45) is 1.96. The van der Waals surface area contributed by atoms with Gasteiger partial charge in [-0.1, -0.05) is 0 Å². The van der Waals surface area contributed by atoms with E-state index in [0.717, 1.165) is 16.2 Å². The quantitative estimate of drug-likeness (QED) is 0.854. The normalized spacial score (nSPS) is 11.5. The lowest BCUT2D eigenvalue weighted by atomic mass is 10.4. The molecule has 0 aromatic carbocycles. The molecule has 2 rings (SSSR count). The van der Waals surface area contributed by atoms with Crippen molar-refractivity contribution in [2.45, 2.75) is 10.6 Å². The van der Waals surface area contributed by atoms with Gasteiger partial charge in [0.1, 0.15) is 4.21 Å². The first-order chi connectivity index (χ1) is 9.03. The second kappa shape index (κ2) is 6.00. The molecule has 0 fully saturated rings. The Kier molecular flexibility index (Phi) is 4.56. The summed E-state index contributed by atoms with van der Waals surface area (Å²) in [4.78, 5) is 4.78. The third-order valence-electron chi connectivity index (χ3n) is 2.25. The molecule has 0 saturated heterocycles. The molecule has 0 aliphatic heterocycles. The number of aromatic nitrogens is 1. The lowest BCUT2D eigenvalue weighted by Gasteiger charge is -2.06. The second-order valence-corrected chi connectivity index (χ2v) is 7.57. The third-order valence-corrected chi connectivity index (χ3v) is 5.87. The number of thiophene rings is 1. The van der Waals surface area contributed by atoms with E-state index in [1.165, 1.54) is 12.3 Å². The number of aliphatic hydroxyl groups excluding tert-OH is 1. The lowest BCUT2D eigenvalue weighted by Crippen LogP contribution is -2.12. The molecule has 0 aliphatic carbocycles. The van der Waals surface area contributed by atoms with Crippen molar-refractivity contribution in [2.75, 3.05) is 11.3 Å². The van der Waals surface area contributed by atoms with E-state index in [1.54, 1.807) is 18.2 Å². The smallest absolute Gasteiger partial charge is 0.272 e. The molecule has 2 heterocycles. The number of sulfonamides is 1. The standard InChI is InChI=1S/C11H11BrN2O3S2/c12-9-2-1-6-13-11(9)14-19(16,17)10-4-3-8(18-10)5-7-15/h1-4,6,15H,5,7H2,(H,13,14). The Morgan fingerprint density at radius 1 is 1.37 bits per heavy atom. The topological polar surface area (TPSA) is 79.3 Å². The summed E-state index contributed by atoms with van der Waals surface area (Å²) < 4.78 is 27.5. The fraction of sp³-hybridized carbons (Fsp3) is 0.182. The summed E-state index contributed by atoms with van der Waals surface area (Å²) in [6.45, 7) is -0.000775. The summed E-state index contributed by atoms with van der Waals surface area (Å²) in [5.74, 6) is 0.250. The van der Waals surface area contributed by atoms with Crippen molar-refractivity contribution < 1.29 is 13.5 Å². The van der Waals surface area contributed by atoms with Crippen molar-refractivity contribution in [3.05, 3.63) is 39.8 Å². The largest absolute Gasteiger partial charge is 0.396 e. The number of nitrogens with one attached hydrogen (secondary N) is 1. The molecule has 2 aromatic rings. The Morgan fingerprint density at radius 2 is 2.16 bits per heavy atom. The van der Waals surface area contributed by atoms with Crippen LogP contribution in [0.25, 0.3) is 0 Å². The molecule has 0 amide bonds. The maximum atomic E-state index is 12.1. The summed E-state index contributed by atoms with van der Waals surface area (Å²) in [5, 5.41) is 8.83. The fourth-order valence-corrected chi connectivity index (χ4v) is 4.24. The van der Waals surface area contributed by atoms with Gasteiger partial charge in [-0.15, -0.1) is 11.3 Å². The monoisotopic (exact) mass is 362 g/mol. The molecular formula is C11H11BrN2O3S2. The van der Waals surface area contributed by atoms with Gasteiger partial charge in [-0.2, -0.15) is 0 Å². The molecule has 19 heavy (non-hydrogen) atoms. The SMILES string of the molecule is O=S(=O)(Nc1ncccc1Br)c1ccc(CCO)s1. The van der Waals surface area contributed by atoms with Crippen LogP contribution in [0.5, 0.6) is 0 Å². The highest BCUT2D eigenvalue weighted by atomic mass is 79.9. The average Bonchev–Trinajstić information content (AvgIpc) is 2.82. The van der Waals surface area contributed by atoms with Crippen LogP contribution in [-0.4, -0.2) is 25.1 Å². The van der Waals surface area contributed by atoms with Gasteiger partial charge in [-0.25, -0.2) is 13.4 Å². The highest BCUT2D eigenvalue weighted by Crippen LogP contribution is 2.26. The van der Waals surface area contributed by atoms with Crippen molar-refractivity contribution in [3.63, 3.8) is 0 Å². The van der Waals surface area contributed by atoms with E-state index in [4.69, 9.17) is 5.11 Å². The molecular weight excluding hydrogens is 352 g/mol. The van der Waals surface area contributed by atoms with Crippen molar-refractivity contribution in [2.24, 2.45) is 0 Å². The number of hydrogen-bond acceptors (Lipinski definition) is 5. The Labute approximate surface area is 123 Å². The molecule has 0 spiro atoms. The van der Waals surface area contributed by atoms with Crippen LogP contribution in [0.3, 0.4) is 0 Å². The van der Waals surface area contributed by atoms with Gasteiger partial charge in [0, 0.05) is 24.1 Å². The molecule has 0 atom stereocenters. The highest BCUT2D eigenvalue weighted by molar-refractivity contribution is 9.10. The van der Waals surface area contributed by atoms with Crippen LogP contribution in [-0.2, 0) is 16.4 Å². The maximum absolute atomic E-state index is 12.1. The molecule has 0 radical (unpaired) electrons. The zero-order chi connectivity index (χ0) is 13.9. The van der Waals surface area contributed by atoms with Gasteiger partial charge in [0.15, 0.2) is 5.82 Å². The number of rotatable bonds is 5. The van der Waals surface area contributed by atoms with E-state index in [2.05, 4.69) is 25.6 Å². The lowest BCUT2D eigenvalue weighted by molar-refractivity contribution is 0.300. The van der Waals surface area contributed by atoms with E-state index in [0.29, 0.717) is 10.9 Å². The summed E-state index contributed by atoms with van der Waals surface area (Å²) >= 11 is 4.37. The van der Waals surface area contributed by atoms with Crippen LogP contribution in [0, 0.1) is 0 Å². The van der Waals surface area contributed by atoms with Crippen LogP contribution in [0.4, 0.5) is 5.82 Å². The molecule has 2 aromatic heterocycles. The van der Waals surface area contributed by atoms with Gasteiger partial charge < -0.3 is 5.11 Å². The van der Waals surface area contributed by atoms with Gasteiger partial charge in [-0.3, -0.25) is 4.72 Å². The molecule has 102 valence electrons. The fourth-order valence-electron chi connectivity index (χ4n) is 1.39. The predicted molar refractivity (Wildman–Crippen MR) is 77.9 cm³/mol. The minimum Gasteiger partial charge on any atom is -0.396 e. The van der Waals surface area contributed by atoms with Gasteiger partial charge in [0.25, 0.3) is 10.0 Å². The van der Waals surface area contributed by atoms with Crippen molar-refractivity contribution in [1.82, 2.24) is 4.98 Å². The first kappa shape index (κ1) is 14.4. The van der Waals surface area contributed by atoms with Crippen molar-refractivity contribution in [1.29, 1.82) is 0 Å². The van der Waals surface area contributed by atoms with E-state index in [1.807, 2.05) is 0 Å². The minimum atomic E-state index is -3.64. The van der Waals surface area contributed by atoms with Crippen molar-refractivity contribution >= 4 is 43.1 Å². The second-order valence-electron chi connectivity index (χ2n) is 3.63. The number of aliphatic hydroxyl groups is 1.